The molecule has 0 saturated carbocycles. The molecule has 5 nitrogen and oxygen atoms in total. The normalized spacial score (nSPS) is 18.8. The summed E-state index contributed by atoms with van der Waals surface area (Å²) in [7, 11) is 0. The number of nitrogens with two attached hydrogens (primary N) is 1. The van der Waals surface area contributed by atoms with Gasteiger partial charge in [-0.25, -0.2) is 14.4 Å². The van der Waals surface area contributed by atoms with E-state index in [9.17, 15) is 9.18 Å². The highest BCUT2D eigenvalue weighted by molar-refractivity contribution is 8.16. The summed E-state index contributed by atoms with van der Waals surface area (Å²) in [5, 5.41) is 2.44. The number of carbonyl (C=O) groups excluding carboxylic acids is 1. The van der Waals surface area contributed by atoms with Crippen LogP contribution < -0.4 is 10.5 Å². The van der Waals surface area contributed by atoms with Crippen LogP contribution in [0, 0.1) is 0 Å². The largest absolute Gasteiger partial charge is 0.489 e. The summed E-state index contributed by atoms with van der Waals surface area (Å²) in [6.45, 7) is 1.38. The fourth-order valence-electron chi connectivity index (χ4n) is 2.75. The molecule has 0 amide bonds. The average Bonchev–Trinajstić information content (AvgIpc) is 2.67. The second kappa shape index (κ2) is 8.35. The predicted molar refractivity (Wildman–Crippen MR) is 106 cm³/mol. The number of halogens is 1. The van der Waals surface area contributed by atoms with Gasteiger partial charge in [-0.1, -0.05) is 36.0 Å². The third-order valence-electron chi connectivity index (χ3n) is 4.17. The topological polar surface area (TPSA) is 77.6 Å². The van der Waals surface area contributed by atoms with Gasteiger partial charge in [0.05, 0.1) is 6.20 Å². The molecule has 1 aliphatic rings. The molecule has 1 aliphatic heterocycles. The van der Waals surface area contributed by atoms with E-state index in [0.717, 1.165) is 11.1 Å². The molecule has 0 fully saturated rings. The van der Waals surface area contributed by atoms with E-state index in [1.54, 1.807) is 12.1 Å². The number of amidine groups is 1. The number of ether oxygens (including phenoxy) is 1. The maximum Gasteiger partial charge on any atom is 0.185 e. The summed E-state index contributed by atoms with van der Waals surface area (Å²) in [4.78, 5) is 21.2. The minimum absolute atomic E-state index is 0.0273. The van der Waals surface area contributed by atoms with Gasteiger partial charge < -0.3 is 10.5 Å². The Morgan fingerprint density at radius 2 is 2.19 bits per heavy atom. The van der Waals surface area contributed by atoms with Crippen LogP contribution in [0.1, 0.15) is 28.5 Å². The van der Waals surface area contributed by atoms with Crippen LogP contribution >= 0.6 is 11.8 Å². The van der Waals surface area contributed by atoms with Crippen LogP contribution in [-0.2, 0) is 12.0 Å². The van der Waals surface area contributed by atoms with Crippen molar-refractivity contribution in [3.63, 3.8) is 0 Å². The number of aromatic nitrogens is 1. The standard InChI is InChI=1S/C20H20FN3O2S/c1-20(7-10-27-19(22)24-20)15-4-2-3-14(11-15)12-18(25)17-6-5-16(13-23-17)26-9-8-21/h2-7,10-11,13H,8-9,12H2,1H3,(H2,22,24)/t20-/m0/s1. The molecule has 3 rings (SSSR count). The summed E-state index contributed by atoms with van der Waals surface area (Å²) >= 11 is 1.39. The molecule has 0 radical (unpaired) electrons. The van der Waals surface area contributed by atoms with E-state index in [1.807, 2.05) is 42.7 Å². The number of ketones is 1. The van der Waals surface area contributed by atoms with Gasteiger partial charge in [0, 0.05) is 6.42 Å². The second-order valence-corrected chi connectivity index (χ2v) is 7.16. The molecule has 1 aromatic heterocycles. The lowest BCUT2D eigenvalue weighted by Crippen LogP contribution is -2.23. The van der Waals surface area contributed by atoms with E-state index < -0.39 is 12.2 Å². The van der Waals surface area contributed by atoms with Crippen molar-refractivity contribution < 1.29 is 13.9 Å². The van der Waals surface area contributed by atoms with Gasteiger partial charge in [0.25, 0.3) is 0 Å². The molecule has 0 bridgehead atoms. The number of carbonyl (C=O) groups is 1. The van der Waals surface area contributed by atoms with E-state index >= 15 is 0 Å². The quantitative estimate of drug-likeness (QED) is 0.736. The number of benzene rings is 1. The highest BCUT2D eigenvalue weighted by Gasteiger charge is 2.25. The molecule has 2 aromatic rings. The van der Waals surface area contributed by atoms with Crippen LogP contribution in [0.4, 0.5) is 4.39 Å². The highest BCUT2D eigenvalue weighted by Crippen LogP contribution is 2.32. The molecule has 1 atom stereocenters. The Bertz CT molecular complexity index is 883. The fourth-order valence-corrected chi connectivity index (χ4v) is 3.46. The first-order valence-corrected chi connectivity index (χ1v) is 9.35. The Labute approximate surface area is 161 Å². The number of nitrogens with zero attached hydrogens (tertiary/aromatic N) is 2. The van der Waals surface area contributed by atoms with Crippen LogP contribution in [0.3, 0.4) is 0 Å². The summed E-state index contributed by atoms with van der Waals surface area (Å²) < 4.78 is 17.3. The SMILES string of the molecule is C[C@@]1(c2cccc(CC(=O)c3ccc(OCCF)cn3)c2)C=CSC(N)=N1. The van der Waals surface area contributed by atoms with E-state index in [1.165, 1.54) is 18.0 Å². The van der Waals surface area contributed by atoms with Crippen molar-refractivity contribution in [1.29, 1.82) is 0 Å². The minimum atomic E-state index is -0.570. The third-order valence-corrected chi connectivity index (χ3v) is 4.77. The van der Waals surface area contributed by atoms with Crippen molar-refractivity contribution in [2.75, 3.05) is 13.3 Å². The van der Waals surface area contributed by atoms with Crippen LogP contribution in [0.15, 0.2) is 59.1 Å². The van der Waals surface area contributed by atoms with Gasteiger partial charge in [-0.2, -0.15) is 0 Å². The molecule has 0 unspecified atom stereocenters. The molecule has 2 heterocycles. The second-order valence-electron chi connectivity index (χ2n) is 6.24. The van der Waals surface area contributed by atoms with Gasteiger partial charge in [-0.15, -0.1) is 0 Å². The van der Waals surface area contributed by atoms with Crippen molar-refractivity contribution in [3.8, 4) is 5.75 Å². The average molecular weight is 385 g/mol. The smallest absolute Gasteiger partial charge is 0.185 e. The molecule has 0 aliphatic carbocycles. The maximum atomic E-state index is 12.5. The number of hydrogen-bond donors (Lipinski definition) is 1. The Hall–Kier alpha value is -2.67. The predicted octanol–water partition coefficient (Wildman–Crippen LogP) is 3.65. The number of aliphatic imine (C=N–C) groups is 1. The summed E-state index contributed by atoms with van der Waals surface area (Å²) in [6, 6.07) is 11.0. The van der Waals surface area contributed by atoms with Crippen LogP contribution in [-0.4, -0.2) is 29.2 Å². The van der Waals surface area contributed by atoms with Crippen molar-refractivity contribution in [2.24, 2.45) is 10.7 Å². The number of Topliss-reactive ketones (excluding diaryl/α,β-unsaturated/α-hetero) is 1. The molecule has 2 N–H and O–H groups in total. The monoisotopic (exact) mass is 385 g/mol. The van der Waals surface area contributed by atoms with E-state index in [0.29, 0.717) is 16.6 Å². The Balaban J connectivity index is 1.73. The van der Waals surface area contributed by atoms with Crippen molar-refractivity contribution >= 4 is 22.7 Å². The number of hydrogen-bond acceptors (Lipinski definition) is 6. The van der Waals surface area contributed by atoms with Gasteiger partial charge in [0.15, 0.2) is 11.0 Å². The first-order valence-electron chi connectivity index (χ1n) is 8.47. The number of rotatable bonds is 7. The van der Waals surface area contributed by atoms with Gasteiger partial charge in [0.2, 0.25) is 0 Å². The zero-order valence-electron chi connectivity index (χ0n) is 14.9. The minimum Gasteiger partial charge on any atom is -0.489 e. The zero-order valence-corrected chi connectivity index (χ0v) is 15.7. The van der Waals surface area contributed by atoms with Crippen molar-refractivity contribution in [1.82, 2.24) is 4.98 Å². The molecule has 0 spiro atoms. The molecule has 140 valence electrons. The lowest BCUT2D eigenvalue weighted by atomic mass is 9.90. The maximum absolute atomic E-state index is 12.5. The number of thioether (sulfide) groups is 1. The van der Waals surface area contributed by atoms with E-state index in [2.05, 4.69) is 9.98 Å². The van der Waals surface area contributed by atoms with Crippen molar-refractivity contribution in [3.05, 3.63) is 70.9 Å². The molecule has 1 aromatic carbocycles. The van der Waals surface area contributed by atoms with E-state index in [-0.39, 0.29) is 18.8 Å². The van der Waals surface area contributed by atoms with Gasteiger partial charge in [0.1, 0.15) is 30.3 Å². The van der Waals surface area contributed by atoms with Gasteiger partial charge >= 0.3 is 0 Å². The lowest BCUT2D eigenvalue weighted by Gasteiger charge is -2.25. The van der Waals surface area contributed by atoms with Gasteiger partial charge in [-0.05, 0) is 41.7 Å². The molecule has 7 heteroatoms. The van der Waals surface area contributed by atoms with E-state index in [4.69, 9.17) is 10.5 Å². The van der Waals surface area contributed by atoms with Gasteiger partial charge in [-0.3, -0.25) is 4.79 Å². The Morgan fingerprint density at radius 3 is 2.89 bits per heavy atom. The summed E-state index contributed by atoms with van der Waals surface area (Å²) in [5.41, 5.74) is 7.50. The lowest BCUT2D eigenvalue weighted by molar-refractivity contribution is 0.0988. The Kier molecular flexibility index (Phi) is 5.91. The number of alkyl halides is 1. The third kappa shape index (κ3) is 4.74. The van der Waals surface area contributed by atoms with Crippen LogP contribution in [0.2, 0.25) is 0 Å². The summed E-state index contributed by atoms with van der Waals surface area (Å²) in [6.07, 6.45) is 3.65. The van der Waals surface area contributed by atoms with Crippen LogP contribution in [0.5, 0.6) is 5.75 Å². The first-order chi connectivity index (χ1) is 13.0. The van der Waals surface area contributed by atoms with Crippen LogP contribution in [0.25, 0.3) is 0 Å². The van der Waals surface area contributed by atoms with Crippen molar-refractivity contribution in [2.45, 2.75) is 18.9 Å². The summed E-state index contributed by atoms with van der Waals surface area (Å²) in [5.74, 6) is 0.337. The Morgan fingerprint density at radius 1 is 1.33 bits per heavy atom. The fraction of sp³-hybridized carbons (Fsp3) is 0.250. The zero-order chi connectivity index (χ0) is 19.3. The molecule has 0 saturated heterocycles. The molecular weight excluding hydrogens is 365 g/mol. The molecular formula is C20H20FN3O2S. The molecule has 27 heavy (non-hydrogen) atoms. The first kappa shape index (κ1) is 19.1. The highest BCUT2D eigenvalue weighted by atomic mass is 32.2. The number of pyridine rings is 1.